The van der Waals surface area contributed by atoms with Gasteiger partial charge in [-0.25, -0.2) is 0 Å². The highest BCUT2D eigenvalue weighted by atomic mass is 14.3. The van der Waals surface area contributed by atoms with Crippen LogP contribution in [0, 0.1) is 29.6 Å². The highest BCUT2D eigenvalue weighted by Crippen LogP contribution is 2.36. The van der Waals surface area contributed by atoms with Crippen molar-refractivity contribution in [3.05, 3.63) is 70.8 Å². The van der Waals surface area contributed by atoms with E-state index in [2.05, 4.69) is 81.1 Å². The van der Waals surface area contributed by atoms with E-state index in [1.165, 1.54) is 56.1 Å². The zero-order valence-electron chi connectivity index (χ0n) is 18.0. The maximum atomic E-state index is 3.31. The fourth-order valence-electron chi connectivity index (χ4n) is 4.68. The summed E-state index contributed by atoms with van der Waals surface area (Å²) in [6.07, 6.45) is 10.9. The van der Waals surface area contributed by atoms with Crippen LogP contribution in [0.1, 0.15) is 81.5 Å². The summed E-state index contributed by atoms with van der Waals surface area (Å²) in [7, 11) is 0. The predicted octanol–water partition coefficient (Wildman–Crippen LogP) is 7.43. The molecule has 0 nitrogen and oxygen atoms in total. The Balaban J connectivity index is 1.52. The van der Waals surface area contributed by atoms with E-state index in [4.69, 9.17) is 0 Å². The summed E-state index contributed by atoms with van der Waals surface area (Å²) >= 11 is 0. The van der Waals surface area contributed by atoms with E-state index in [0.717, 1.165) is 35.3 Å². The summed E-state index contributed by atoms with van der Waals surface area (Å²) in [5, 5.41) is 0. The highest BCUT2D eigenvalue weighted by Gasteiger charge is 2.24. The normalized spacial score (nSPS) is 20.2. The monoisotopic (exact) mass is 372 g/mol. The molecule has 3 rings (SSSR count). The molecule has 1 saturated carbocycles. The number of benzene rings is 2. The summed E-state index contributed by atoms with van der Waals surface area (Å²) in [5.41, 5.74) is 5.02. The van der Waals surface area contributed by atoms with Gasteiger partial charge in [-0.3, -0.25) is 0 Å². The third-order valence-corrected chi connectivity index (χ3v) is 6.62. The van der Waals surface area contributed by atoms with Crippen LogP contribution in [-0.2, 0) is 12.8 Å². The van der Waals surface area contributed by atoms with Crippen molar-refractivity contribution in [2.45, 2.75) is 72.1 Å². The van der Waals surface area contributed by atoms with Crippen LogP contribution in [0.3, 0.4) is 0 Å². The molecular weight excluding hydrogens is 336 g/mol. The molecule has 0 aromatic heterocycles. The standard InChI is InChI=1S/C28H36/c1-4-6-24-17-19-28(20-18-24)22(3)21-27-15-13-26(14-16-27)12-11-25-9-7-23(5-2)8-10-25/h7-10,13-16,22,24,28H,4-6,17-21H2,1-3H3. The zero-order valence-corrected chi connectivity index (χ0v) is 18.0. The fraction of sp³-hybridized carbons (Fsp3) is 0.500. The summed E-state index contributed by atoms with van der Waals surface area (Å²) < 4.78 is 0. The zero-order chi connectivity index (χ0) is 19.8. The minimum Gasteiger partial charge on any atom is -0.0654 e. The van der Waals surface area contributed by atoms with E-state index in [0.29, 0.717) is 0 Å². The highest BCUT2D eigenvalue weighted by molar-refractivity contribution is 5.44. The molecule has 0 bridgehead atoms. The molecule has 0 saturated heterocycles. The van der Waals surface area contributed by atoms with Gasteiger partial charge in [-0.2, -0.15) is 0 Å². The molecule has 0 amide bonds. The van der Waals surface area contributed by atoms with Crippen molar-refractivity contribution in [1.29, 1.82) is 0 Å². The molecule has 1 aliphatic rings. The van der Waals surface area contributed by atoms with Gasteiger partial charge in [-0.05, 0) is 78.8 Å². The van der Waals surface area contributed by atoms with Gasteiger partial charge in [0.15, 0.2) is 0 Å². The summed E-state index contributed by atoms with van der Waals surface area (Å²) in [6.45, 7) is 6.96. The van der Waals surface area contributed by atoms with E-state index in [-0.39, 0.29) is 0 Å². The predicted molar refractivity (Wildman–Crippen MR) is 121 cm³/mol. The van der Waals surface area contributed by atoms with Gasteiger partial charge in [0.05, 0.1) is 0 Å². The topological polar surface area (TPSA) is 0 Å². The molecule has 1 unspecified atom stereocenters. The van der Waals surface area contributed by atoms with Crippen molar-refractivity contribution < 1.29 is 0 Å². The van der Waals surface area contributed by atoms with Crippen LogP contribution >= 0.6 is 0 Å². The van der Waals surface area contributed by atoms with E-state index in [9.17, 15) is 0 Å². The molecular formula is C28H36. The van der Waals surface area contributed by atoms with Crippen molar-refractivity contribution >= 4 is 0 Å². The molecule has 28 heavy (non-hydrogen) atoms. The van der Waals surface area contributed by atoms with Crippen molar-refractivity contribution in [3.63, 3.8) is 0 Å². The maximum absolute atomic E-state index is 3.31. The average molecular weight is 373 g/mol. The Morgan fingerprint density at radius 2 is 1.32 bits per heavy atom. The van der Waals surface area contributed by atoms with E-state index in [1.807, 2.05) is 0 Å². The Labute approximate surface area is 172 Å². The van der Waals surface area contributed by atoms with E-state index >= 15 is 0 Å². The lowest BCUT2D eigenvalue weighted by Crippen LogP contribution is -2.21. The minimum atomic E-state index is 0.789. The van der Waals surface area contributed by atoms with Gasteiger partial charge in [-0.1, -0.05) is 82.6 Å². The van der Waals surface area contributed by atoms with Crippen molar-refractivity contribution in [1.82, 2.24) is 0 Å². The Morgan fingerprint density at radius 3 is 1.82 bits per heavy atom. The van der Waals surface area contributed by atoms with Crippen LogP contribution in [0.25, 0.3) is 0 Å². The first kappa shape index (κ1) is 20.7. The van der Waals surface area contributed by atoms with Gasteiger partial charge in [0.2, 0.25) is 0 Å². The Bertz CT molecular complexity index is 762. The first-order chi connectivity index (χ1) is 13.7. The van der Waals surface area contributed by atoms with Crippen LogP contribution in [0.5, 0.6) is 0 Å². The van der Waals surface area contributed by atoms with Gasteiger partial charge < -0.3 is 0 Å². The Hall–Kier alpha value is -2.00. The second-order valence-electron chi connectivity index (χ2n) is 8.75. The minimum absolute atomic E-state index is 0.789. The number of aryl methyl sites for hydroxylation is 1. The molecule has 1 aliphatic carbocycles. The SMILES string of the molecule is CCCC1CCC(C(C)Cc2ccc(C#Cc3ccc(CC)cc3)cc2)CC1. The van der Waals surface area contributed by atoms with Crippen LogP contribution in [0.2, 0.25) is 0 Å². The molecule has 1 fully saturated rings. The van der Waals surface area contributed by atoms with Gasteiger partial charge in [-0.15, -0.1) is 0 Å². The lowest BCUT2D eigenvalue weighted by molar-refractivity contribution is 0.206. The van der Waals surface area contributed by atoms with Crippen molar-refractivity contribution in [2.75, 3.05) is 0 Å². The van der Waals surface area contributed by atoms with Crippen LogP contribution in [0.15, 0.2) is 48.5 Å². The van der Waals surface area contributed by atoms with E-state index < -0.39 is 0 Å². The molecule has 0 heterocycles. The first-order valence-electron chi connectivity index (χ1n) is 11.4. The van der Waals surface area contributed by atoms with Gasteiger partial charge in [0.25, 0.3) is 0 Å². The molecule has 2 aromatic carbocycles. The lowest BCUT2D eigenvalue weighted by atomic mass is 9.74. The molecule has 0 radical (unpaired) electrons. The van der Waals surface area contributed by atoms with Crippen molar-refractivity contribution in [2.24, 2.45) is 17.8 Å². The molecule has 148 valence electrons. The smallest absolute Gasteiger partial charge is 0.0249 e. The number of hydrogen-bond acceptors (Lipinski definition) is 0. The third-order valence-electron chi connectivity index (χ3n) is 6.62. The van der Waals surface area contributed by atoms with Crippen LogP contribution < -0.4 is 0 Å². The van der Waals surface area contributed by atoms with Gasteiger partial charge >= 0.3 is 0 Å². The summed E-state index contributed by atoms with van der Waals surface area (Å²) in [5.74, 6) is 9.31. The maximum Gasteiger partial charge on any atom is 0.0249 e. The largest absolute Gasteiger partial charge is 0.0654 e. The molecule has 0 N–H and O–H groups in total. The van der Waals surface area contributed by atoms with Gasteiger partial charge in [0.1, 0.15) is 0 Å². The fourth-order valence-corrected chi connectivity index (χ4v) is 4.68. The van der Waals surface area contributed by atoms with Gasteiger partial charge in [0, 0.05) is 11.1 Å². The quantitative estimate of drug-likeness (QED) is 0.462. The molecule has 2 aromatic rings. The second-order valence-corrected chi connectivity index (χ2v) is 8.75. The lowest BCUT2D eigenvalue weighted by Gasteiger charge is -2.32. The number of rotatable bonds is 6. The second kappa shape index (κ2) is 10.5. The van der Waals surface area contributed by atoms with Crippen LogP contribution in [0.4, 0.5) is 0 Å². The first-order valence-corrected chi connectivity index (χ1v) is 11.4. The molecule has 0 aliphatic heterocycles. The molecule has 0 heteroatoms. The Morgan fingerprint density at radius 1 is 0.786 bits per heavy atom. The Kier molecular flexibility index (Phi) is 7.79. The molecule has 0 spiro atoms. The summed E-state index contributed by atoms with van der Waals surface area (Å²) in [6, 6.07) is 17.5. The van der Waals surface area contributed by atoms with Crippen LogP contribution in [-0.4, -0.2) is 0 Å². The van der Waals surface area contributed by atoms with Crippen molar-refractivity contribution in [3.8, 4) is 11.8 Å². The third kappa shape index (κ3) is 6.00. The molecule has 1 atom stereocenters. The number of hydrogen-bond donors (Lipinski definition) is 0. The van der Waals surface area contributed by atoms with E-state index in [1.54, 1.807) is 0 Å². The average Bonchev–Trinajstić information content (AvgIpc) is 2.74. The summed E-state index contributed by atoms with van der Waals surface area (Å²) in [4.78, 5) is 0.